The first-order valence-corrected chi connectivity index (χ1v) is 3.75. The van der Waals surface area contributed by atoms with E-state index in [1.165, 1.54) is 0 Å². The maximum atomic E-state index is 10.2. The van der Waals surface area contributed by atoms with Crippen LogP contribution >= 0.6 is 0 Å². The van der Waals surface area contributed by atoms with Gasteiger partial charge in [0.05, 0.1) is 13.0 Å². The molecule has 2 unspecified atom stereocenters. The van der Waals surface area contributed by atoms with E-state index in [-0.39, 0.29) is 18.4 Å². The Hall–Kier alpha value is -0.610. The van der Waals surface area contributed by atoms with Crippen LogP contribution in [0, 0.1) is 5.92 Å². The standard InChI is InChI=1S/C7H13NO3/c8-6(3-7(9)10)5-1-2-11-4-5/h5-6H,1-4,8H2,(H,9,10). The van der Waals surface area contributed by atoms with Gasteiger partial charge >= 0.3 is 5.97 Å². The highest BCUT2D eigenvalue weighted by atomic mass is 16.5. The van der Waals surface area contributed by atoms with E-state index in [2.05, 4.69) is 0 Å². The molecule has 4 nitrogen and oxygen atoms in total. The molecule has 1 heterocycles. The van der Waals surface area contributed by atoms with Crippen molar-refractivity contribution in [3.63, 3.8) is 0 Å². The van der Waals surface area contributed by atoms with Gasteiger partial charge in [0.1, 0.15) is 0 Å². The van der Waals surface area contributed by atoms with Crippen molar-refractivity contribution in [3.05, 3.63) is 0 Å². The number of aliphatic carboxylic acids is 1. The van der Waals surface area contributed by atoms with Gasteiger partial charge in [-0.05, 0) is 6.42 Å². The average molecular weight is 159 g/mol. The monoisotopic (exact) mass is 159 g/mol. The molecule has 0 aromatic heterocycles. The number of carboxylic acids is 1. The lowest BCUT2D eigenvalue weighted by Crippen LogP contribution is -2.32. The van der Waals surface area contributed by atoms with Gasteiger partial charge in [0.2, 0.25) is 0 Å². The van der Waals surface area contributed by atoms with Crippen molar-refractivity contribution in [3.8, 4) is 0 Å². The van der Waals surface area contributed by atoms with Gasteiger partial charge < -0.3 is 15.6 Å². The summed E-state index contributed by atoms with van der Waals surface area (Å²) in [6.45, 7) is 1.34. The summed E-state index contributed by atoms with van der Waals surface area (Å²) >= 11 is 0. The molecular formula is C7H13NO3. The second kappa shape index (κ2) is 3.69. The van der Waals surface area contributed by atoms with Crippen LogP contribution in [0.5, 0.6) is 0 Å². The molecule has 0 saturated carbocycles. The van der Waals surface area contributed by atoms with Crippen molar-refractivity contribution < 1.29 is 14.6 Å². The quantitative estimate of drug-likeness (QED) is 0.599. The summed E-state index contributed by atoms with van der Waals surface area (Å²) in [6, 6.07) is -0.241. The largest absolute Gasteiger partial charge is 0.481 e. The molecule has 0 radical (unpaired) electrons. The molecule has 0 amide bonds. The molecule has 0 bridgehead atoms. The predicted molar refractivity (Wildman–Crippen MR) is 39.2 cm³/mol. The molecule has 3 N–H and O–H groups in total. The number of carbonyl (C=O) groups is 1. The predicted octanol–water partition coefficient (Wildman–Crippen LogP) is -0.175. The Morgan fingerprint density at radius 3 is 3.00 bits per heavy atom. The van der Waals surface area contributed by atoms with Crippen molar-refractivity contribution in [2.24, 2.45) is 11.7 Å². The van der Waals surface area contributed by atoms with E-state index in [9.17, 15) is 4.79 Å². The van der Waals surface area contributed by atoms with Crippen molar-refractivity contribution in [1.82, 2.24) is 0 Å². The number of nitrogens with two attached hydrogens (primary N) is 1. The number of carboxylic acid groups (broad SMARTS) is 1. The van der Waals surface area contributed by atoms with Crippen LogP contribution in [-0.4, -0.2) is 30.3 Å². The summed E-state index contributed by atoms with van der Waals surface area (Å²) in [5.74, 6) is -0.587. The molecule has 0 aromatic carbocycles. The normalized spacial score (nSPS) is 26.8. The van der Waals surface area contributed by atoms with E-state index in [4.69, 9.17) is 15.6 Å². The summed E-state index contributed by atoms with van der Waals surface area (Å²) in [5.41, 5.74) is 5.62. The summed E-state index contributed by atoms with van der Waals surface area (Å²) in [7, 11) is 0. The number of hydrogen-bond donors (Lipinski definition) is 2. The Bertz CT molecular complexity index is 143. The highest BCUT2D eigenvalue weighted by molar-refractivity contribution is 5.67. The van der Waals surface area contributed by atoms with Crippen molar-refractivity contribution in [2.75, 3.05) is 13.2 Å². The first kappa shape index (κ1) is 8.49. The van der Waals surface area contributed by atoms with Crippen LogP contribution < -0.4 is 5.73 Å². The summed E-state index contributed by atoms with van der Waals surface area (Å²) in [4.78, 5) is 10.2. The SMILES string of the molecule is NC(CC(=O)O)C1CCOC1. The maximum absolute atomic E-state index is 10.2. The molecule has 1 saturated heterocycles. The van der Waals surface area contributed by atoms with Crippen LogP contribution in [0.15, 0.2) is 0 Å². The average Bonchev–Trinajstić information content (AvgIpc) is 2.35. The molecule has 4 heteroatoms. The van der Waals surface area contributed by atoms with E-state index >= 15 is 0 Å². The third-order valence-electron chi connectivity index (χ3n) is 1.98. The lowest BCUT2D eigenvalue weighted by molar-refractivity contribution is -0.137. The molecule has 11 heavy (non-hydrogen) atoms. The summed E-state index contributed by atoms with van der Waals surface area (Å²) in [6.07, 6.45) is 0.947. The van der Waals surface area contributed by atoms with Crippen LogP contribution in [0.1, 0.15) is 12.8 Å². The first-order valence-electron chi connectivity index (χ1n) is 3.75. The Labute approximate surface area is 65.3 Å². The Balaban J connectivity index is 2.28. The topological polar surface area (TPSA) is 72.6 Å². The molecule has 1 fully saturated rings. The van der Waals surface area contributed by atoms with Gasteiger partial charge in [-0.1, -0.05) is 0 Å². The number of ether oxygens (including phenoxy) is 1. The molecule has 1 aliphatic rings. The lowest BCUT2D eigenvalue weighted by Gasteiger charge is -2.14. The smallest absolute Gasteiger partial charge is 0.304 e. The zero-order valence-corrected chi connectivity index (χ0v) is 6.32. The van der Waals surface area contributed by atoms with Crippen LogP contribution in [0.2, 0.25) is 0 Å². The summed E-state index contributed by atoms with van der Waals surface area (Å²) < 4.78 is 5.09. The summed E-state index contributed by atoms with van der Waals surface area (Å²) in [5, 5.41) is 8.42. The van der Waals surface area contributed by atoms with Crippen molar-refractivity contribution in [2.45, 2.75) is 18.9 Å². The minimum atomic E-state index is -0.829. The third-order valence-corrected chi connectivity index (χ3v) is 1.98. The van der Waals surface area contributed by atoms with Gasteiger partial charge in [-0.15, -0.1) is 0 Å². The molecule has 0 aliphatic carbocycles. The third kappa shape index (κ3) is 2.48. The van der Waals surface area contributed by atoms with Crippen LogP contribution in [0.4, 0.5) is 0 Å². The molecule has 0 aromatic rings. The fourth-order valence-electron chi connectivity index (χ4n) is 1.26. The molecule has 64 valence electrons. The van der Waals surface area contributed by atoms with E-state index in [0.29, 0.717) is 6.61 Å². The van der Waals surface area contributed by atoms with Crippen LogP contribution in [0.25, 0.3) is 0 Å². The van der Waals surface area contributed by atoms with Crippen molar-refractivity contribution >= 4 is 5.97 Å². The minimum Gasteiger partial charge on any atom is -0.481 e. The molecule has 1 aliphatic heterocycles. The van der Waals surface area contributed by atoms with Gasteiger partial charge in [0.25, 0.3) is 0 Å². The number of rotatable bonds is 3. The second-order valence-electron chi connectivity index (χ2n) is 2.89. The highest BCUT2D eigenvalue weighted by Gasteiger charge is 2.24. The molecular weight excluding hydrogens is 146 g/mol. The van der Waals surface area contributed by atoms with E-state index in [0.717, 1.165) is 13.0 Å². The van der Waals surface area contributed by atoms with Gasteiger partial charge in [0, 0.05) is 18.6 Å². The number of hydrogen-bond acceptors (Lipinski definition) is 3. The van der Waals surface area contributed by atoms with Gasteiger partial charge in [0.15, 0.2) is 0 Å². The lowest BCUT2D eigenvalue weighted by atomic mass is 9.97. The zero-order valence-electron chi connectivity index (χ0n) is 6.32. The van der Waals surface area contributed by atoms with E-state index in [1.807, 2.05) is 0 Å². The zero-order chi connectivity index (χ0) is 8.27. The fraction of sp³-hybridized carbons (Fsp3) is 0.857. The molecule has 0 spiro atoms. The van der Waals surface area contributed by atoms with Gasteiger partial charge in [-0.25, -0.2) is 0 Å². The Morgan fingerprint density at radius 2 is 2.55 bits per heavy atom. The minimum absolute atomic E-state index is 0.0496. The van der Waals surface area contributed by atoms with Gasteiger partial charge in [-0.3, -0.25) is 4.79 Å². The van der Waals surface area contributed by atoms with E-state index in [1.54, 1.807) is 0 Å². The Morgan fingerprint density at radius 1 is 1.82 bits per heavy atom. The molecule has 2 atom stereocenters. The first-order chi connectivity index (χ1) is 5.20. The fourth-order valence-corrected chi connectivity index (χ4v) is 1.26. The van der Waals surface area contributed by atoms with Crippen LogP contribution in [-0.2, 0) is 9.53 Å². The van der Waals surface area contributed by atoms with Crippen LogP contribution in [0.3, 0.4) is 0 Å². The maximum Gasteiger partial charge on any atom is 0.304 e. The molecule has 1 rings (SSSR count). The van der Waals surface area contributed by atoms with Crippen molar-refractivity contribution in [1.29, 1.82) is 0 Å². The Kier molecular flexibility index (Phi) is 2.84. The second-order valence-corrected chi connectivity index (χ2v) is 2.89. The van der Waals surface area contributed by atoms with E-state index < -0.39 is 5.97 Å². The van der Waals surface area contributed by atoms with Gasteiger partial charge in [-0.2, -0.15) is 0 Å². The highest BCUT2D eigenvalue weighted by Crippen LogP contribution is 2.16.